The van der Waals surface area contributed by atoms with Crippen LogP contribution in [0.15, 0.2) is 48.5 Å². The maximum Gasteiger partial charge on any atom is 0.331 e. The van der Waals surface area contributed by atoms with Crippen LogP contribution in [0.3, 0.4) is 0 Å². The van der Waals surface area contributed by atoms with E-state index in [2.05, 4.69) is 13.0 Å². The third-order valence-electron chi connectivity index (χ3n) is 4.50. The highest BCUT2D eigenvalue weighted by Gasteiger charge is 2.32. The van der Waals surface area contributed by atoms with Crippen molar-refractivity contribution in [2.24, 2.45) is 0 Å². The second-order valence-corrected chi connectivity index (χ2v) is 7.76. The summed E-state index contributed by atoms with van der Waals surface area (Å²) in [5, 5.41) is 0. The van der Waals surface area contributed by atoms with Crippen molar-refractivity contribution in [2.45, 2.75) is 45.3 Å². The Bertz CT molecular complexity index is 844. The van der Waals surface area contributed by atoms with Crippen molar-refractivity contribution in [1.82, 2.24) is 0 Å². The van der Waals surface area contributed by atoms with Gasteiger partial charge >= 0.3 is 5.97 Å². The Morgan fingerprint density at radius 1 is 1.11 bits per heavy atom. The van der Waals surface area contributed by atoms with Crippen LogP contribution in [0.1, 0.15) is 56.4 Å². The second-order valence-electron chi connectivity index (χ2n) is 7.76. The molecule has 0 saturated heterocycles. The van der Waals surface area contributed by atoms with Crippen molar-refractivity contribution < 1.29 is 19.0 Å². The van der Waals surface area contributed by atoms with Crippen LogP contribution in [0.4, 0.5) is 0 Å². The molecule has 0 fully saturated rings. The van der Waals surface area contributed by atoms with Gasteiger partial charge in [0.15, 0.2) is 0 Å². The van der Waals surface area contributed by atoms with E-state index in [1.807, 2.05) is 57.2 Å². The topological polar surface area (TPSA) is 44.8 Å². The molecule has 2 aromatic carbocycles. The van der Waals surface area contributed by atoms with Crippen LogP contribution in [-0.2, 0) is 9.53 Å². The first kappa shape index (κ1) is 19.0. The molecule has 0 amide bonds. The van der Waals surface area contributed by atoms with Gasteiger partial charge in [-0.3, -0.25) is 0 Å². The fourth-order valence-corrected chi connectivity index (χ4v) is 3.19. The van der Waals surface area contributed by atoms with Crippen LogP contribution in [-0.4, -0.2) is 18.7 Å². The molecular weight excluding hydrogens is 340 g/mol. The normalized spacial score (nSPS) is 18.9. The quantitative estimate of drug-likeness (QED) is 0.545. The summed E-state index contributed by atoms with van der Waals surface area (Å²) in [5.41, 5.74) is 2.71. The molecule has 2 unspecified atom stereocenters. The Morgan fingerprint density at radius 3 is 2.44 bits per heavy atom. The van der Waals surface area contributed by atoms with Gasteiger partial charge in [0.25, 0.3) is 0 Å². The van der Waals surface area contributed by atoms with E-state index in [-0.39, 0.29) is 18.0 Å². The lowest BCUT2D eigenvalue weighted by Crippen LogP contribution is -2.22. The number of rotatable bonds is 4. The third kappa shape index (κ3) is 4.51. The Balaban J connectivity index is 1.75. The molecule has 0 bridgehead atoms. The molecule has 1 aliphatic heterocycles. The zero-order valence-corrected chi connectivity index (χ0v) is 16.5. The fraction of sp³-hybridized carbons (Fsp3) is 0.348. The van der Waals surface area contributed by atoms with Gasteiger partial charge in [-0.1, -0.05) is 25.1 Å². The molecule has 2 aromatic rings. The van der Waals surface area contributed by atoms with Gasteiger partial charge in [0, 0.05) is 17.6 Å². The number of methoxy groups -OCH3 is 1. The fourth-order valence-electron chi connectivity index (χ4n) is 3.19. The van der Waals surface area contributed by atoms with Gasteiger partial charge in [0.05, 0.1) is 7.11 Å². The first-order valence-electron chi connectivity index (χ1n) is 9.12. The Morgan fingerprint density at radius 2 is 1.81 bits per heavy atom. The van der Waals surface area contributed by atoms with E-state index in [9.17, 15) is 4.79 Å². The maximum atomic E-state index is 11.9. The summed E-state index contributed by atoms with van der Waals surface area (Å²) < 4.78 is 16.7. The van der Waals surface area contributed by atoms with E-state index in [1.54, 1.807) is 13.2 Å². The minimum Gasteiger partial charge on any atom is -0.497 e. The predicted molar refractivity (Wildman–Crippen MR) is 106 cm³/mol. The van der Waals surface area contributed by atoms with Crippen LogP contribution >= 0.6 is 0 Å². The molecule has 1 aliphatic rings. The van der Waals surface area contributed by atoms with Gasteiger partial charge < -0.3 is 14.2 Å². The minimum atomic E-state index is -0.493. The summed E-state index contributed by atoms with van der Waals surface area (Å²) in [6, 6.07) is 14.0. The Hall–Kier alpha value is -2.75. The molecule has 4 nitrogen and oxygen atoms in total. The SMILES string of the molecule is COc1ccc(C2Oc3ccc(/C=C/C(=O)OC(C)(C)C)cc3C2C)cc1. The molecule has 2 atom stereocenters. The van der Waals surface area contributed by atoms with Crippen molar-refractivity contribution in [1.29, 1.82) is 0 Å². The van der Waals surface area contributed by atoms with E-state index in [4.69, 9.17) is 14.2 Å². The first-order valence-corrected chi connectivity index (χ1v) is 9.12. The van der Waals surface area contributed by atoms with Crippen molar-refractivity contribution in [3.63, 3.8) is 0 Å². The van der Waals surface area contributed by atoms with Crippen molar-refractivity contribution in [3.8, 4) is 11.5 Å². The van der Waals surface area contributed by atoms with E-state index in [1.165, 1.54) is 6.08 Å². The molecule has 142 valence electrons. The van der Waals surface area contributed by atoms with Gasteiger partial charge in [-0.05, 0) is 62.2 Å². The lowest BCUT2D eigenvalue weighted by atomic mass is 9.92. The molecule has 0 spiro atoms. The monoisotopic (exact) mass is 366 g/mol. The van der Waals surface area contributed by atoms with Crippen molar-refractivity contribution >= 4 is 12.0 Å². The number of fused-ring (bicyclic) bond motifs is 1. The van der Waals surface area contributed by atoms with Crippen LogP contribution in [0.25, 0.3) is 6.08 Å². The average Bonchev–Trinajstić information content (AvgIpc) is 2.95. The summed E-state index contributed by atoms with van der Waals surface area (Å²) in [6.07, 6.45) is 3.21. The zero-order valence-electron chi connectivity index (χ0n) is 16.5. The van der Waals surface area contributed by atoms with E-state index in [0.29, 0.717) is 0 Å². The Kier molecular flexibility index (Phi) is 5.26. The highest BCUT2D eigenvalue weighted by atomic mass is 16.6. The van der Waals surface area contributed by atoms with Crippen LogP contribution < -0.4 is 9.47 Å². The standard InChI is InChI=1S/C23H26O4/c1-15-19-14-16(7-13-21(24)27-23(2,3)4)6-12-20(19)26-22(15)17-8-10-18(25-5)11-9-17/h6-15,22H,1-5H3/b13-7+. The minimum absolute atomic E-state index is 0.0315. The lowest BCUT2D eigenvalue weighted by Gasteiger charge is -2.17. The van der Waals surface area contributed by atoms with Crippen molar-refractivity contribution in [3.05, 3.63) is 65.2 Å². The predicted octanol–water partition coefficient (Wildman–Crippen LogP) is 5.29. The van der Waals surface area contributed by atoms with Crippen LogP contribution in [0.5, 0.6) is 11.5 Å². The second kappa shape index (κ2) is 7.47. The summed E-state index contributed by atoms with van der Waals surface area (Å²) in [4.78, 5) is 11.9. The van der Waals surface area contributed by atoms with Gasteiger partial charge in [-0.15, -0.1) is 0 Å². The zero-order chi connectivity index (χ0) is 19.6. The average molecular weight is 366 g/mol. The van der Waals surface area contributed by atoms with E-state index in [0.717, 1.165) is 28.2 Å². The number of carbonyl (C=O) groups excluding carboxylic acids is 1. The number of carbonyl (C=O) groups is 1. The summed E-state index contributed by atoms with van der Waals surface area (Å²) in [6.45, 7) is 7.72. The van der Waals surface area contributed by atoms with Crippen molar-refractivity contribution in [2.75, 3.05) is 7.11 Å². The summed E-state index contributed by atoms with van der Waals surface area (Å²) >= 11 is 0. The molecule has 0 radical (unpaired) electrons. The Labute approximate surface area is 160 Å². The molecular formula is C23H26O4. The highest BCUT2D eigenvalue weighted by molar-refractivity contribution is 5.87. The molecule has 3 rings (SSSR count). The molecule has 0 N–H and O–H groups in total. The van der Waals surface area contributed by atoms with Gasteiger partial charge in [-0.25, -0.2) is 4.79 Å². The summed E-state index contributed by atoms with van der Waals surface area (Å²) in [7, 11) is 1.66. The third-order valence-corrected chi connectivity index (χ3v) is 4.50. The first-order chi connectivity index (χ1) is 12.8. The molecule has 4 heteroatoms. The maximum absolute atomic E-state index is 11.9. The van der Waals surface area contributed by atoms with E-state index >= 15 is 0 Å². The summed E-state index contributed by atoms with van der Waals surface area (Å²) in [5.74, 6) is 1.58. The van der Waals surface area contributed by atoms with Crippen LogP contribution in [0, 0.1) is 0 Å². The highest BCUT2D eigenvalue weighted by Crippen LogP contribution is 2.46. The number of hydrogen-bond acceptors (Lipinski definition) is 4. The van der Waals surface area contributed by atoms with Gasteiger partial charge in [0.2, 0.25) is 0 Å². The van der Waals surface area contributed by atoms with E-state index < -0.39 is 5.60 Å². The lowest BCUT2D eigenvalue weighted by molar-refractivity contribution is -0.148. The largest absolute Gasteiger partial charge is 0.497 e. The van der Waals surface area contributed by atoms with Gasteiger partial charge in [-0.2, -0.15) is 0 Å². The molecule has 1 heterocycles. The number of benzene rings is 2. The van der Waals surface area contributed by atoms with Crippen LogP contribution in [0.2, 0.25) is 0 Å². The smallest absolute Gasteiger partial charge is 0.331 e. The van der Waals surface area contributed by atoms with Gasteiger partial charge in [0.1, 0.15) is 23.2 Å². The molecule has 27 heavy (non-hydrogen) atoms. The number of esters is 1. The number of ether oxygens (including phenoxy) is 3. The number of hydrogen-bond donors (Lipinski definition) is 0. The molecule has 0 aliphatic carbocycles. The molecule has 0 saturated carbocycles. The molecule has 0 aromatic heterocycles.